The van der Waals surface area contributed by atoms with Crippen LogP contribution in [0, 0.1) is 0 Å². The van der Waals surface area contributed by atoms with Crippen LogP contribution in [0.15, 0.2) is 90.0 Å². The lowest BCUT2D eigenvalue weighted by Crippen LogP contribution is -2.20. The van der Waals surface area contributed by atoms with Gasteiger partial charge in [0, 0.05) is 5.56 Å². The maximum atomic E-state index is 12.5. The predicted octanol–water partition coefficient (Wildman–Crippen LogP) is 4.64. The summed E-state index contributed by atoms with van der Waals surface area (Å²) < 4.78 is 16.3. The first kappa shape index (κ1) is 24.3. The topological polar surface area (TPSA) is 98.3 Å². The molecule has 0 atom stereocenters. The minimum Gasteiger partial charge on any atom is -0.495 e. The van der Waals surface area contributed by atoms with Gasteiger partial charge < -0.3 is 19.5 Å². The van der Waals surface area contributed by atoms with Gasteiger partial charge in [0.05, 0.1) is 26.1 Å². The Hall–Kier alpha value is -4.85. The van der Waals surface area contributed by atoms with E-state index >= 15 is 0 Å². The van der Waals surface area contributed by atoms with Crippen LogP contribution >= 0.6 is 0 Å². The molecule has 4 aromatic carbocycles. The normalized spacial score (nSPS) is 10.7. The van der Waals surface area contributed by atoms with Gasteiger partial charge in [0.1, 0.15) is 5.75 Å². The van der Waals surface area contributed by atoms with E-state index in [1.165, 1.54) is 20.4 Å². The van der Waals surface area contributed by atoms with Crippen LogP contribution < -0.4 is 25.0 Å². The number of methoxy groups -OCH3 is 2. The third-order valence-corrected chi connectivity index (χ3v) is 5.32. The van der Waals surface area contributed by atoms with E-state index in [0.29, 0.717) is 34.1 Å². The van der Waals surface area contributed by atoms with Crippen molar-refractivity contribution in [1.29, 1.82) is 0 Å². The summed E-state index contributed by atoms with van der Waals surface area (Å²) in [7, 11) is 3.03. The first-order valence-corrected chi connectivity index (χ1v) is 11.1. The van der Waals surface area contributed by atoms with Crippen molar-refractivity contribution in [1.82, 2.24) is 5.43 Å². The summed E-state index contributed by atoms with van der Waals surface area (Å²) in [5, 5.41) is 8.83. The van der Waals surface area contributed by atoms with Crippen LogP contribution in [-0.2, 0) is 4.79 Å². The monoisotopic (exact) mass is 483 g/mol. The number of nitrogens with zero attached hydrogens (tertiary/aromatic N) is 1. The Morgan fingerprint density at radius 3 is 2.36 bits per heavy atom. The van der Waals surface area contributed by atoms with Crippen molar-refractivity contribution in [3.63, 3.8) is 0 Å². The van der Waals surface area contributed by atoms with Crippen molar-refractivity contribution >= 4 is 34.5 Å². The molecule has 0 aromatic heterocycles. The van der Waals surface area contributed by atoms with Crippen LogP contribution in [0.1, 0.15) is 15.9 Å². The lowest BCUT2D eigenvalue weighted by Gasteiger charge is -2.12. The Labute approximate surface area is 208 Å². The van der Waals surface area contributed by atoms with Gasteiger partial charge in [-0.2, -0.15) is 5.10 Å². The Balaban J connectivity index is 1.35. The zero-order chi connectivity index (χ0) is 25.3. The number of ether oxygens (including phenoxy) is 3. The molecule has 182 valence electrons. The highest BCUT2D eigenvalue weighted by molar-refractivity contribution is 5.99. The molecule has 2 N–H and O–H groups in total. The molecular weight excluding hydrogens is 458 g/mol. The van der Waals surface area contributed by atoms with E-state index in [2.05, 4.69) is 15.8 Å². The number of hydrazone groups is 1. The van der Waals surface area contributed by atoms with Crippen molar-refractivity contribution in [2.75, 3.05) is 26.1 Å². The largest absolute Gasteiger partial charge is 0.495 e. The summed E-state index contributed by atoms with van der Waals surface area (Å²) in [5.41, 5.74) is 4.28. The van der Waals surface area contributed by atoms with E-state index in [1.807, 2.05) is 42.5 Å². The van der Waals surface area contributed by atoms with Crippen molar-refractivity contribution in [2.45, 2.75) is 0 Å². The van der Waals surface area contributed by atoms with Crippen LogP contribution in [0.4, 0.5) is 5.69 Å². The van der Waals surface area contributed by atoms with Crippen LogP contribution in [0.5, 0.6) is 17.2 Å². The molecule has 0 aliphatic carbocycles. The van der Waals surface area contributed by atoms with E-state index in [4.69, 9.17) is 14.2 Å². The van der Waals surface area contributed by atoms with Crippen molar-refractivity contribution in [2.24, 2.45) is 5.10 Å². The molecule has 0 saturated carbocycles. The summed E-state index contributed by atoms with van der Waals surface area (Å²) in [6.45, 7) is -0.219. The van der Waals surface area contributed by atoms with Crippen molar-refractivity contribution in [3.05, 3.63) is 96.1 Å². The number of hydrogen-bond acceptors (Lipinski definition) is 6. The molecule has 4 rings (SSSR count). The second-order valence-corrected chi connectivity index (χ2v) is 7.71. The number of hydrogen-bond donors (Lipinski definition) is 2. The van der Waals surface area contributed by atoms with Gasteiger partial charge in [-0.05, 0) is 58.8 Å². The van der Waals surface area contributed by atoms with Gasteiger partial charge in [-0.25, -0.2) is 5.43 Å². The predicted molar refractivity (Wildman–Crippen MR) is 139 cm³/mol. The first-order valence-electron chi connectivity index (χ1n) is 11.1. The average molecular weight is 484 g/mol. The molecule has 0 aliphatic rings. The number of carbonyl (C=O) groups is 2. The van der Waals surface area contributed by atoms with Gasteiger partial charge in [-0.3, -0.25) is 9.59 Å². The number of amides is 2. The number of benzene rings is 4. The summed E-state index contributed by atoms with van der Waals surface area (Å²) in [4.78, 5) is 24.8. The number of rotatable bonds is 9. The van der Waals surface area contributed by atoms with E-state index in [-0.39, 0.29) is 18.4 Å². The summed E-state index contributed by atoms with van der Waals surface area (Å²) in [5.74, 6) is 0.711. The molecule has 0 bridgehead atoms. The van der Waals surface area contributed by atoms with Crippen LogP contribution in [0.3, 0.4) is 0 Å². The quantitative estimate of drug-likeness (QED) is 0.267. The van der Waals surface area contributed by atoms with Gasteiger partial charge in [-0.15, -0.1) is 0 Å². The van der Waals surface area contributed by atoms with Gasteiger partial charge in [0.2, 0.25) is 0 Å². The fourth-order valence-electron chi connectivity index (χ4n) is 3.52. The fraction of sp³-hybridized carbons (Fsp3) is 0.107. The zero-order valence-electron chi connectivity index (χ0n) is 19.9. The molecule has 36 heavy (non-hydrogen) atoms. The Morgan fingerprint density at radius 2 is 1.56 bits per heavy atom. The molecule has 2 amide bonds. The van der Waals surface area contributed by atoms with Crippen molar-refractivity contribution < 1.29 is 23.8 Å². The summed E-state index contributed by atoms with van der Waals surface area (Å²) in [6, 6.07) is 25.5. The number of fused-ring (bicyclic) bond motifs is 1. The SMILES string of the molecule is COc1ccccc1NC(=O)COc1ccc(/C=N\NC(=O)c2ccc3ccccc3c2)cc1OC. The molecule has 8 heteroatoms. The van der Waals surface area contributed by atoms with Gasteiger partial charge in [-0.1, -0.05) is 42.5 Å². The molecule has 8 nitrogen and oxygen atoms in total. The molecule has 0 saturated heterocycles. The third-order valence-electron chi connectivity index (χ3n) is 5.32. The van der Waals surface area contributed by atoms with E-state index in [1.54, 1.807) is 42.5 Å². The number of anilines is 1. The fourth-order valence-corrected chi connectivity index (χ4v) is 3.52. The Morgan fingerprint density at radius 1 is 0.806 bits per heavy atom. The molecule has 0 radical (unpaired) electrons. The van der Waals surface area contributed by atoms with Crippen LogP contribution in [0.2, 0.25) is 0 Å². The minimum absolute atomic E-state index is 0.219. The molecule has 0 unspecified atom stereocenters. The zero-order valence-corrected chi connectivity index (χ0v) is 19.9. The molecule has 0 aliphatic heterocycles. The third kappa shape index (κ3) is 5.98. The van der Waals surface area contributed by atoms with E-state index in [0.717, 1.165) is 10.8 Å². The molecular formula is C28H25N3O5. The van der Waals surface area contributed by atoms with E-state index < -0.39 is 0 Å². The first-order chi connectivity index (χ1) is 17.6. The second kappa shape index (κ2) is 11.5. The van der Waals surface area contributed by atoms with Crippen molar-refractivity contribution in [3.8, 4) is 17.2 Å². The van der Waals surface area contributed by atoms with Crippen LogP contribution in [0.25, 0.3) is 10.8 Å². The second-order valence-electron chi connectivity index (χ2n) is 7.71. The molecule has 4 aromatic rings. The summed E-state index contributed by atoms with van der Waals surface area (Å²) in [6.07, 6.45) is 1.50. The molecule has 0 heterocycles. The smallest absolute Gasteiger partial charge is 0.271 e. The maximum Gasteiger partial charge on any atom is 0.271 e. The van der Waals surface area contributed by atoms with E-state index in [9.17, 15) is 9.59 Å². The highest BCUT2D eigenvalue weighted by Crippen LogP contribution is 2.28. The summed E-state index contributed by atoms with van der Waals surface area (Å²) >= 11 is 0. The highest BCUT2D eigenvalue weighted by atomic mass is 16.5. The number of carbonyl (C=O) groups excluding carboxylic acids is 2. The number of para-hydroxylation sites is 2. The lowest BCUT2D eigenvalue weighted by molar-refractivity contribution is -0.118. The molecule has 0 fully saturated rings. The lowest BCUT2D eigenvalue weighted by atomic mass is 10.1. The minimum atomic E-state index is -0.344. The van der Waals surface area contributed by atoms with Gasteiger partial charge in [0.15, 0.2) is 18.1 Å². The highest BCUT2D eigenvalue weighted by Gasteiger charge is 2.11. The Bertz CT molecular complexity index is 1420. The standard InChI is InChI=1S/C28H25N3O5/c1-34-24-10-6-5-9-23(24)30-27(32)18-36-25-14-11-19(15-26(25)35-2)17-29-31-28(33)22-13-12-20-7-3-4-8-21(20)16-22/h3-17H,18H2,1-2H3,(H,30,32)(H,31,33)/b29-17-. The average Bonchev–Trinajstić information content (AvgIpc) is 2.92. The van der Waals surface area contributed by atoms with Gasteiger partial charge >= 0.3 is 0 Å². The Kier molecular flexibility index (Phi) is 7.77. The maximum absolute atomic E-state index is 12.5. The molecule has 0 spiro atoms. The van der Waals surface area contributed by atoms with Crippen LogP contribution in [-0.4, -0.2) is 38.9 Å². The number of nitrogens with one attached hydrogen (secondary N) is 2. The van der Waals surface area contributed by atoms with Gasteiger partial charge in [0.25, 0.3) is 11.8 Å².